The lowest BCUT2D eigenvalue weighted by atomic mass is 9.92. The Kier molecular flexibility index (Phi) is 3.32. The van der Waals surface area contributed by atoms with Gasteiger partial charge in [-0.2, -0.15) is 0 Å². The Labute approximate surface area is 74.6 Å². The van der Waals surface area contributed by atoms with Crippen LogP contribution in [0.4, 0.5) is 0 Å². The SMILES string of the molecule is CC(C)C(C)(O)C#CC(C)(C)O. The van der Waals surface area contributed by atoms with Crippen LogP contribution >= 0.6 is 0 Å². The van der Waals surface area contributed by atoms with E-state index in [1.54, 1.807) is 20.8 Å². The maximum atomic E-state index is 9.67. The van der Waals surface area contributed by atoms with E-state index in [2.05, 4.69) is 11.8 Å². The Bertz CT molecular complexity index is 198. The summed E-state index contributed by atoms with van der Waals surface area (Å²) in [5.74, 6) is 5.32. The zero-order valence-corrected chi connectivity index (χ0v) is 8.47. The topological polar surface area (TPSA) is 40.5 Å². The Morgan fingerprint density at radius 2 is 1.42 bits per heavy atom. The fraction of sp³-hybridized carbons (Fsp3) is 0.800. The molecule has 0 aromatic heterocycles. The van der Waals surface area contributed by atoms with E-state index in [0.717, 1.165) is 0 Å². The van der Waals surface area contributed by atoms with Crippen molar-refractivity contribution in [1.82, 2.24) is 0 Å². The highest BCUT2D eigenvalue weighted by Crippen LogP contribution is 2.14. The molecule has 0 saturated carbocycles. The summed E-state index contributed by atoms with van der Waals surface area (Å²) in [6.45, 7) is 8.61. The van der Waals surface area contributed by atoms with Gasteiger partial charge < -0.3 is 10.2 Å². The van der Waals surface area contributed by atoms with Gasteiger partial charge in [-0.1, -0.05) is 25.7 Å². The molecule has 0 rings (SSSR count). The molecule has 1 atom stereocenters. The van der Waals surface area contributed by atoms with Gasteiger partial charge in [-0.05, 0) is 26.7 Å². The maximum Gasteiger partial charge on any atom is 0.125 e. The van der Waals surface area contributed by atoms with Gasteiger partial charge in [0.15, 0.2) is 0 Å². The van der Waals surface area contributed by atoms with Gasteiger partial charge in [0.1, 0.15) is 11.2 Å². The molecule has 0 fully saturated rings. The van der Waals surface area contributed by atoms with Crippen molar-refractivity contribution in [1.29, 1.82) is 0 Å². The van der Waals surface area contributed by atoms with Gasteiger partial charge in [0.05, 0.1) is 0 Å². The molecule has 0 aliphatic rings. The lowest BCUT2D eigenvalue weighted by Gasteiger charge is -2.21. The highest BCUT2D eigenvalue weighted by atomic mass is 16.3. The van der Waals surface area contributed by atoms with Gasteiger partial charge in [0.25, 0.3) is 0 Å². The number of hydrogen-bond acceptors (Lipinski definition) is 2. The standard InChI is InChI=1S/C10H18O2/c1-8(2)10(5,12)7-6-9(3,4)11/h8,11-12H,1-5H3. The molecule has 0 aliphatic carbocycles. The summed E-state index contributed by atoms with van der Waals surface area (Å²) in [5, 5.41) is 18.9. The van der Waals surface area contributed by atoms with Gasteiger partial charge in [-0.25, -0.2) is 0 Å². The minimum absolute atomic E-state index is 0.0624. The van der Waals surface area contributed by atoms with Crippen LogP contribution in [0.5, 0.6) is 0 Å². The third-order valence-corrected chi connectivity index (χ3v) is 1.75. The molecule has 0 spiro atoms. The molecule has 2 N–H and O–H groups in total. The van der Waals surface area contributed by atoms with E-state index in [4.69, 9.17) is 0 Å². The smallest absolute Gasteiger partial charge is 0.125 e. The van der Waals surface area contributed by atoms with Gasteiger partial charge in [0.2, 0.25) is 0 Å². The third-order valence-electron chi connectivity index (χ3n) is 1.75. The summed E-state index contributed by atoms with van der Waals surface area (Å²) >= 11 is 0. The van der Waals surface area contributed by atoms with Crippen molar-refractivity contribution < 1.29 is 10.2 Å². The van der Waals surface area contributed by atoms with Crippen LogP contribution in [0, 0.1) is 17.8 Å². The number of aliphatic hydroxyl groups is 2. The predicted octanol–water partition coefficient (Wildman–Crippen LogP) is 1.17. The highest BCUT2D eigenvalue weighted by Gasteiger charge is 2.22. The van der Waals surface area contributed by atoms with Crippen LogP contribution in [-0.4, -0.2) is 21.4 Å². The Hall–Kier alpha value is -0.520. The molecule has 0 saturated heterocycles. The van der Waals surface area contributed by atoms with Gasteiger partial charge >= 0.3 is 0 Å². The van der Waals surface area contributed by atoms with Crippen molar-refractivity contribution in [3.63, 3.8) is 0 Å². The quantitative estimate of drug-likeness (QED) is 0.580. The van der Waals surface area contributed by atoms with E-state index in [9.17, 15) is 10.2 Å². The van der Waals surface area contributed by atoms with Crippen LogP contribution in [0.25, 0.3) is 0 Å². The molecule has 2 nitrogen and oxygen atoms in total. The molecule has 0 radical (unpaired) electrons. The lowest BCUT2D eigenvalue weighted by molar-refractivity contribution is 0.0708. The highest BCUT2D eigenvalue weighted by molar-refractivity contribution is 5.18. The first-order chi connectivity index (χ1) is 5.15. The molecule has 2 heteroatoms. The molecule has 0 aromatic carbocycles. The average Bonchev–Trinajstić information content (AvgIpc) is 1.82. The van der Waals surface area contributed by atoms with Crippen molar-refractivity contribution in [3.05, 3.63) is 0 Å². The first-order valence-electron chi connectivity index (χ1n) is 4.14. The normalized spacial score (nSPS) is 16.7. The van der Waals surface area contributed by atoms with Crippen LogP contribution < -0.4 is 0 Å². The largest absolute Gasteiger partial charge is 0.378 e. The number of rotatable bonds is 1. The zero-order valence-electron chi connectivity index (χ0n) is 8.47. The van der Waals surface area contributed by atoms with E-state index in [1.807, 2.05) is 13.8 Å². The average molecular weight is 170 g/mol. The molecule has 0 heterocycles. The number of hydrogen-bond donors (Lipinski definition) is 2. The molecule has 1 unspecified atom stereocenters. The molecular formula is C10H18O2. The first-order valence-corrected chi connectivity index (χ1v) is 4.14. The van der Waals surface area contributed by atoms with Crippen LogP contribution in [0.3, 0.4) is 0 Å². The third kappa shape index (κ3) is 4.38. The van der Waals surface area contributed by atoms with E-state index < -0.39 is 11.2 Å². The lowest BCUT2D eigenvalue weighted by Crippen LogP contribution is -2.30. The van der Waals surface area contributed by atoms with E-state index in [0.29, 0.717) is 0 Å². The molecule has 0 aromatic rings. The van der Waals surface area contributed by atoms with Crippen LogP contribution in [0.2, 0.25) is 0 Å². The minimum atomic E-state index is -1.03. The van der Waals surface area contributed by atoms with Crippen LogP contribution in [0.15, 0.2) is 0 Å². The molecule has 0 amide bonds. The summed E-state index contributed by atoms with van der Waals surface area (Å²) in [6, 6.07) is 0. The van der Waals surface area contributed by atoms with Gasteiger partial charge in [-0.15, -0.1) is 0 Å². The van der Waals surface area contributed by atoms with E-state index >= 15 is 0 Å². The monoisotopic (exact) mass is 170 g/mol. The summed E-state index contributed by atoms with van der Waals surface area (Å²) in [7, 11) is 0. The summed E-state index contributed by atoms with van der Waals surface area (Å²) < 4.78 is 0. The fourth-order valence-corrected chi connectivity index (χ4v) is 0.424. The van der Waals surface area contributed by atoms with Crippen molar-refractivity contribution in [2.45, 2.75) is 45.8 Å². The fourth-order valence-electron chi connectivity index (χ4n) is 0.424. The second-order valence-electron chi connectivity index (χ2n) is 4.11. The Balaban J connectivity index is 4.50. The molecular weight excluding hydrogens is 152 g/mol. The van der Waals surface area contributed by atoms with E-state index in [-0.39, 0.29) is 5.92 Å². The van der Waals surface area contributed by atoms with Crippen LogP contribution in [-0.2, 0) is 0 Å². The summed E-state index contributed by atoms with van der Waals surface area (Å²) in [4.78, 5) is 0. The molecule has 0 aliphatic heterocycles. The van der Waals surface area contributed by atoms with Crippen molar-refractivity contribution >= 4 is 0 Å². The van der Waals surface area contributed by atoms with Crippen molar-refractivity contribution in [3.8, 4) is 11.8 Å². The molecule has 0 bridgehead atoms. The first kappa shape index (κ1) is 11.5. The maximum absolute atomic E-state index is 9.67. The van der Waals surface area contributed by atoms with E-state index in [1.165, 1.54) is 0 Å². The summed E-state index contributed by atoms with van der Waals surface area (Å²) in [5.41, 5.74) is -2.04. The molecule has 12 heavy (non-hydrogen) atoms. The zero-order chi connectivity index (χ0) is 9.99. The van der Waals surface area contributed by atoms with Crippen molar-refractivity contribution in [2.24, 2.45) is 5.92 Å². The van der Waals surface area contributed by atoms with Gasteiger partial charge in [-0.3, -0.25) is 0 Å². The second kappa shape index (κ2) is 3.47. The van der Waals surface area contributed by atoms with Crippen molar-refractivity contribution in [2.75, 3.05) is 0 Å². The van der Waals surface area contributed by atoms with Gasteiger partial charge in [0, 0.05) is 0 Å². The van der Waals surface area contributed by atoms with Crippen LogP contribution in [0.1, 0.15) is 34.6 Å². The minimum Gasteiger partial charge on any atom is -0.378 e. The second-order valence-corrected chi connectivity index (χ2v) is 4.11. The summed E-state index contributed by atoms with van der Waals surface area (Å²) in [6.07, 6.45) is 0. The predicted molar refractivity (Wildman–Crippen MR) is 49.5 cm³/mol. The Morgan fingerprint density at radius 1 is 1.00 bits per heavy atom. The Morgan fingerprint density at radius 3 is 1.67 bits per heavy atom. The molecule has 70 valence electrons.